The Bertz CT molecular complexity index is 210. The lowest BCUT2D eigenvalue weighted by atomic mass is 9.78. The van der Waals surface area contributed by atoms with Gasteiger partial charge < -0.3 is 5.73 Å². The van der Waals surface area contributed by atoms with Crippen molar-refractivity contribution in [3.8, 4) is 0 Å². The van der Waals surface area contributed by atoms with Crippen LogP contribution < -0.4 is 5.73 Å². The van der Waals surface area contributed by atoms with E-state index in [1.54, 1.807) is 0 Å². The maximum absolute atomic E-state index is 12.0. The van der Waals surface area contributed by atoms with Gasteiger partial charge in [-0.1, -0.05) is 25.7 Å². The van der Waals surface area contributed by atoms with Gasteiger partial charge in [-0.3, -0.25) is 4.79 Å². The summed E-state index contributed by atoms with van der Waals surface area (Å²) in [7, 11) is 0. The largest absolute Gasteiger partial charge is 0.330 e. The van der Waals surface area contributed by atoms with E-state index in [-0.39, 0.29) is 0 Å². The molecule has 0 bridgehead atoms. The van der Waals surface area contributed by atoms with E-state index in [9.17, 15) is 4.79 Å². The van der Waals surface area contributed by atoms with Gasteiger partial charge in [0.15, 0.2) is 0 Å². The lowest BCUT2D eigenvalue weighted by molar-refractivity contribution is -0.125. The van der Waals surface area contributed by atoms with Crippen LogP contribution in [0.25, 0.3) is 0 Å². The maximum Gasteiger partial charge on any atom is 0.136 e. The van der Waals surface area contributed by atoms with E-state index in [2.05, 4.69) is 0 Å². The minimum absolute atomic E-state index is 0.320. The van der Waals surface area contributed by atoms with Gasteiger partial charge in [-0.2, -0.15) is 0 Å². The van der Waals surface area contributed by atoms with Crippen molar-refractivity contribution in [1.82, 2.24) is 0 Å². The fourth-order valence-corrected chi connectivity index (χ4v) is 2.88. The van der Waals surface area contributed by atoms with Crippen molar-refractivity contribution in [2.75, 3.05) is 6.54 Å². The van der Waals surface area contributed by atoms with E-state index in [4.69, 9.17) is 5.73 Å². The molecule has 80 valence electrons. The zero-order valence-corrected chi connectivity index (χ0v) is 8.87. The molecule has 0 amide bonds. The van der Waals surface area contributed by atoms with Crippen molar-refractivity contribution in [2.24, 2.45) is 23.5 Å². The topological polar surface area (TPSA) is 43.1 Å². The van der Waals surface area contributed by atoms with Gasteiger partial charge in [0.2, 0.25) is 0 Å². The molecule has 2 rings (SSSR count). The van der Waals surface area contributed by atoms with Crippen LogP contribution in [0.4, 0.5) is 0 Å². The zero-order chi connectivity index (χ0) is 9.97. The number of carbonyl (C=O) groups excluding carboxylic acids is 1. The van der Waals surface area contributed by atoms with Crippen molar-refractivity contribution in [3.63, 3.8) is 0 Å². The molecular weight excluding hydrogens is 174 g/mol. The lowest BCUT2D eigenvalue weighted by Crippen LogP contribution is -2.27. The first-order valence-corrected chi connectivity index (χ1v) is 6.04. The molecule has 0 aromatic heterocycles. The molecule has 2 atom stereocenters. The highest BCUT2D eigenvalue weighted by Crippen LogP contribution is 2.36. The van der Waals surface area contributed by atoms with Gasteiger partial charge in [0.05, 0.1) is 0 Å². The Balaban J connectivity index is 1.83. The van der Waals surface area contributed by atoms with Gasteiger partial charge in [0.1, 0.15) is 5.78 Å². The van der Waals surface area contributed by atoms with Crippen LogP contribution in [0.2, 0.25) is 0 Å². The quantitative estimate of drug-likeness (QED) is 0.746. The molecule has 0 aromatic carbocycles. The molecule has 2 nitrogen and oxygen atoms in total. The van der Waals surface area contributed by atoms with Crippen LogP contribution in [0.15, 0.2) is 0 Å². The van der Waals surface area contributed by atoms with Crippen molar-refractivity contribution in [1.29, 1.82) is 0 Å². The molecule has 2 fully saturated rings. The number of hydrogen-bond donors (Lipinski definition) is 1. The smallest absolute Gasteiger partial charge is 0.136 e. The molecule has 2 N–H and O–H groups in total. The van der Waals surface area contributed by atoms with Crippen molar-refractivity contribution >= 4 is 5.78 Å². The minimum atomic E-state index is 0.320. The third-order valence-electron chi connectivity index (χ3n) is 4.09. The average molecular weight is 195 g/mol. The highest BCUT2D eigenvalue weighted by atomic mass is 16.1. The molecule has 0 aliphatic heterocycles. The molecule has 14 heavy (non-hydrogen) atoms. The molecule has 2 unspecified atom stereocenters. The number of carbonyl (C=O) groups is 1. The Hall–Kier alpha value is -0.370. The van der Waals surface area contributed by atoms with Gasteiger partial charge in [-0.25, -0.2) is 0 Å². The molecule has 0 saturated heterocycles. The summed E-state index contributed by atoms with van der Waals surface area (Å²) in [4.78, 5) is 12.0. The third-order valence-corrected chi connectivity index (χ3v) is 4.09. The van der Waals surface area contributed by atoms with Gasteiger partial charge >= 0.3 is 0 Å². The second kappa shape index (κ2) is 4.43. The summed E-state index contributed by atoms with van der Waals surface area (Å²) in [6.07, 6.45) is 8.25. The Kier molecular flexibility index (Phi) is 3.22. The summed E-state index contributed by atoms with van der Waals surface area (Å²) in [6.45, 7) is 0.709. The molecule has 0 radical (unpaired) electrons. The zero-order valence-electron chi connectivity index (χ0n) is 8.87. The summed E-state index contributed by atoms with van der Waals surface area (Å²) in [6, 6.07) is 0. The van der Waals surface area contributed by atoms with E-state index >= 15 is 0 Å². The van der Waals surface area contributed by atoms with Crippen LogP contribution in [-0.2, 0) is 4.79 Å². The highest BCUT2D eigenvalue weighted by molar-refractivity contribution is 5.81. The minimum Gasteiger partial charge on any atom is -0.330 e. The summed E-state index contributed by atoms with van der Waals surface area (Å²) < 4.78 is 0. The van der Waals surface area contributed by atoms with Crippen LogP contribution in [0, 0.1) is 17.8 Å². The SMILES string of the molecule is NCC1CCCC1C(=O)CC1CCC1. The fourth-order valence-electron chi connectivity index (χ4n) is 2.88. The summed E-state index contributed by atoms with van der Waals surface area (Å²) in [5.41, 5.74) is 5.69. The molecule has 0 spiro atoms. The first-order chi connectivity index (χ1) is 6.81. The van der Waals surface area contributed by atoms with Crippen LogP contribution in [0.5, 0.6) is 0 Å². The van der Waals surface area contributed by atoms with E-state index in [1.807, 2.05) is 0 Å². The molecular formula is C12H21NO. The van der Waals surface area contributed by atoms with Crippen LogP contribution in [0.1, 0.15) is 44.9 Å². The second-order valence-electron chi connectivity index (χ2n) is 5.00. The van der Waals surface area contributed by atoms with E-state index in [1.165, 1.54) is 32.1 Å². The first kappa shape index (κ1) is 10.2. The molecule has 0 heterocycles. The average Bonchev–Trinajstić information content (AvgIpc) is 2.58. The number of hydrogen-bond acceptors (Lipinski definition) is 2. The Morgan fingerprint density at radius 2 is 1.86 bits per heavy atom. The number of nitrogens with two attached hydrogens (primary N) is 1. The second-order valence-corrected chi connectivity index (χ2v) is 5.00. The maximum atomic E-state index is 12.0. The molecule has 2 aliphatic carbocycles. The molecule has 0 aromatic rings. The van der Waals surface area contributed by atoms with E-state index in [0.29, 0.717) is 24.2 Å². The van der Waals surface area contributed by atoms with Crippen molar-refractivity contribution < 1.29 is 4.79 Å². The third kappa shape index (κ3) is 2.00. The van der Waals surface area contributed by atoms with Crippen LogP contribution in [0.3, 0.4) is 0 Å². The summed E-state index contributed by atoms with van der Waals surface area (Å²) in [5, 5.41) is 0. The fraction of sp³-hybridized carbons (Fsp3) is 0.917. The molecule has 2 saturated carbocycles. The molecule has 2 aliphatic rings. The van der Waals surface area contributed by atoms with Gasteiger partial charge in [0.25, 0.3) is 0 Å². The van der Waals surface area contributed by atoms with Crippen LogP contribution in [-0.4, -0.2) is 12.3 Å². The Morgan fingerprint density at radius 1 is 1.14 bits per heavy atom. The van der Waals surface area contributed by atoms with E-state index in [0.717, 1.165) is 18.8 Å². The summed E-state index contributed by atoms with van der Waals surface area (Å²) >= 11 is 0. The lowest BCUT2D eigenvalue weighted by Gasteiger charge is -2.26. The normalized spacial score (nSPS) is 32.9. The van der Waals surface area contributed by atoms with Gasteiger partial charge in [0, 0.05) is 12.3 Å². The van der Waals surface area contributed by atoms with Crippen molar-refractivity contribution in [3.05, 3.63) is 0 Å². The standard InChI is InChI=1S/C12H21NO/c13-8-10-5-2-6-11(10)12(14)7-9-3-1-4-9/h9-11H,1-8,13H2. The highest BCUT2D eigenvalue weighted by Gasteiger charge is 2.33. The first-order valence-electron chi connectivity index (χ1n) is 6.04. The molecule has 2 heteroatoms. The van der Waals surface area contributed by atoms with Crippen LogP contribution >= 0.6 is 0 Å². The number of ketones is 1. The monoisotopic (exact) mass is 195 g/mol. The predicted molar refractivity (Wildman–Crippen MR) is 56.9 cm³/mol. The Morgan fingerprint density at radius 3 is 2.43 bits per heavy atom. The van der Waals surface area contributed by atoms with Crippen molar-refractivity contribution in [2.45, 2.75) is 44.9 Å². The predicted octanol–water partition coefficient (Wildman–Crippen LogP) is 2.12. The number of rotatable bonds is 4. The summed E-state index contributed by atoms with van der Waals surface area (Å²) in [5.74, 6) is 2.06. The number of Topliss-reactive ketones (excluding diaryl/α,β-unsaturated/α-hetero) is 1. The van der Waals surface area contributed by atoms with E-state index < -0.39 is 0 Å². The van der Waals surface area contributed by atoms with Gasteiger partial charge in [-0.05, 0) is 31.2 Å². The Labute approximate surface area is 86.2 Å². The van der Waals surface area contributed by atoms with Gasteiger partial charge in [-0.15, -0.1) is 0 Å².